The Hall–Kier alpha value is -8.27. The topological polar surface area (TPSA) is 200 Å². The average molecular weight is 1200 g/mol. The van der Waals surface area contributed by atoms with E-state index in [0.717, 1.165) is 115 Å². The molecule has 6 aromatic carbocycles. The van der Waals surface area contributed by atoms with Crippen LogP contribution in [-0.4, -0.2) is 107 Å². The lowest BCUT2D eigenvalue weighted by Gasteiger charge is -2.51. The van der Waals surface area contributed by atoms with Gasteiger partial charge in [0.05, 0.1) is 39.3 Å². The third-order valence-corrected chi connectivity index (χ3v) is 15.5. The van der Waals surface area contributed by atoms with Gasteiger partial charge in [0.25, 0.3) is 11.8 Å². The van der Waals surface area contributed by atoms with Crippen LogP contribution < -0.4 is 32.5 Å². The van der Waals surface area contributed by atoms with Gasteiger partial charge in [-0.2, -0.15) is 15.2 Å². The van der Waals surface area contributed by atoms with Gasteiger partial charge in [0.1, 0.15) is 30.7 Å². The minimum absolute atomic E-state index is 0. The Labute approximate surface area is 510 Å². The molecule has 19 heteroatoms. The van der Waals surface area contributed by atoms with Gasteiger partial charge < -0.3 is 55.5 Å². The van der Waals surface area contributed by atoms with Gasteiger partial charge in [0.15, 0.2) is 24.0 Å². The molecule has 4 atom stereocenters. The summed E-state index contributed by atoms with van der Waals surface area (Å²) in [5.41, 5.74) is 5.26. The van der Waals surface area contributed by atoms with Crippen LogP contribution in [0.25, 0.3) is 22.9 Å². The van der Waals surface area contributed by atoms with E-state index in [1.165, 1.54) is 6.92 Å². The summed E-state index contributed by atoms with van der Waals surface area (Å²) in [6.07, 6.45) is 4.19. The van der Waals surface area contributed by atoms with E-state index < -0.39 is 12.1 Å². The molecule has 6 aliphatic heterocycles. The lowest BCUT2D eigenvalue weighted by atomic mass is 9.83. The quantitative estimate of drug-likeness (QED) is 0.0495. The number of methoxy groups -OCH3 is 2. The minimum Gasteiger partial charge on any atom is -1.00 e. The van der Waals surface area contributed by atoms with Crippen LogP contribution in [0.1, 0.15) is 82.3 Å². The van der Waals surface area contributed by atoms with Gasteiger partial charge in [-0.05, 0) is 104 Å². The van der Waals surface area contributed by atoms with Crippen LogP contribution in [0.5, 0.6) is 11.5 Å². The Bertz CT molecular complexity index is 3300. The van der Waals surface area contributed by atoms with E-state index in [1.54, 1.807) is 20.3 Å². The van der Waals surface area contributed by atoms with E-state index in [-0.39, 0.29) is 57.3 Å². The van der Waals surface area contributed by atoms with Gasteiger partial charge in [0.2, 0.25) is 5.82 Å². The highest BCUT2D eigenvalue weighted by atomic mass is 35.5. The lowest BCUT2D eigenvalue weighted by molar-refractivity contribution is -0.958. The standard InChI is InChI=1S/C31H33N4O4.C21H24N2O2.C10H9ClN2O2.C2H3N.2CH4.ClH/c1-37-26-14-8-11-24(19-26)30-33-28(34-39-30)21-35-17-15-22(16-18-35)27(20-35)38-31(36)29(23-9-4-2-5-10-23)32-25-12-6-3-7-13-25;24-21(25-19-15-23-13-11-16(19)12-14-23)20(17-7-3-1-4-8-17)22-18-9-5-2-6-10-18;1-14-8-4-2-3-7(5-8)10-12-9(6-11)13-15-10;1-2-3;;;/h2-14,19,22,27,29,32H,15-18,20-21H2,1H3;1-10,16,19-20,22H,11-15H2;2-5H,6H2,1H3;1H3;2*1H4;1H/q+1;;;;;;/p-1/t22?,27-,29+,35?;19-,20+;;;;;/m00...../s1. The van der Waals surface area contributed by atoms with Crippen molar-refractivity contribution in [3.05, 3.63) is 193 Å². The molecule has 6 aliphatic rings. The van der Waals surface area contributed by atoms with Crippen LogP contribution in [0.2, 0.25) is 0 Å². The highest BCUT2D eigenvalue weighted by molar-refractivity contribution is 6.16. The number of benzene rings is 6. The number of anilines is 2. The predicted molar refractivity (Wildman–Crippen MR) is 326 cm³/mol. The number of rotatable bonds is 17. The molecule has 85 heavy (non-hydrogen) atoms. The number of nitriles is 1. The molecule has 0 saturated carbocycles. The van der Waals surface area contributed by atoms with Gasteiger partial charge >= 0.3 is 11.9 Å². The summed E-state index contributed by atoms with van der Waals surface area (Å²) in [6.45, 7) is 8.04. The molecule has 0 radical (unpaired) electrons. The number of para-hydroxylation sites is 2. The average Bonchev–Trinajstić information content (AvgIpc) is 4.33. The van der Waals surface area contributed by atoms with E-state index in [4.69, 9.17) is 49.8 Å². The highest BCUT2D eigenvalue weighted by Gasteiger charge is 2.49. The van der Waals surface area contributed by atoms with Crippen LogP contribution in [-0.2, 0) is 31.5 Å². The number of alkyl halides is 1. The molecule has 14 rings (SSSR count). The number of piperidine rings is 6. The summed E-state index contributed by atoms with van der Waals surface area (Å²) in [5.74, 6) is 4.27. The molecule has 0 unspecified atom stereocenters. The maximum atomic E-state index is 13.6. The van der Waals surface area contributed by atoms with Crippen molar-refractivity contribution in [2.24, 2.45) is 11.8 Å². The largest absolute Gasteiger partial charge is 1.00 e. The molecule has 2 aromatic heterocycles. The van der Waals surface area contributed by atoms with Crippen molar-refractivity contribution in [2.45, 2.75) is 84.2 Å². The van der Waals surface area contributed by atoms with Crippen LogP contribution in [0, 0.1) is 23.2 Å². The number of carbonyl (C=O) groups excluding carboxylic acids is 2. The summed E-state index contributed by atoms with van der Waals surface area (Å²) in [6, 6.07) is 54.9. The van der Waals surface area contributed by atoms with Gasteiger partial charge in [-0.1, -0.05) is 134 Å². The maximum Gasteiger partial charge on any atom is 0.333 e. The summed E-state index contributed by atoms with van der Waals surface area (Å²) >= 11 is 5.58. The molecule has 0 spiro atoms. The van der Waals surface area contributed by atoms with Crippen LogP contribution in [0.15, 0.2) is 179 Å². The van der Waals surface area contributed by atoms with E-state index in [0.29, 0.717) is 41.8 Å². The molecule has 8 heterocycles. The zero-order valence-electron chi connectivity index (χ0n) is 46.8. The first-order valence-corrected chi connectivity index (χ1v) is 28.2. The Morgan fingerprint density at radius 3 is 1.48 bits per heavy atom. The second-order valence-electron chi connectivity index (χ2n) is 20.6. The number of nitrogens with one attached hydrogen (secondary N) is 2. The number of carbonyl (C=O) groups is 2. The Kier molecular flexibility index (Phi) is 25.3. The second kappa shape index (κ2) is 32.7. The second-order valence-corrected chi connectivity index (χ2v) is 20.9. The summed E-state index contributed by atoms with van der Waals surface area (Å²) < 4.78 is 34.1. The minimum atomic E-state index is -0.583. The third-order valence-electron chi connectivity index (χ3n) is 15.2. The monoisotopic (exact) mass is 1190 g/mol. The summed E-state index contributed by atoms with van der Waals surface area (Å²) in [4.78, 5) is 37.8. The zero-order valence-corrected chi connectivity index (χ0v) is 48.3. The Morgan fingerprint density at radius 2 is 1.06 bits per heavy atom. The molecule has 2 N–H and O–H groups in total. The fraction of sp³-hybridized carbons (Fsp3) is 0.348. The summed E-state index contributed by atoms with van der Waals surface area (Å²) in [7, 11) is 3.24. The molecule has 17 nitrogen and oxygen atoms in total. The number of halogens is 2. The number of hydrogen-bond acceptors (Lipinski definition) is 16. The van der Waals surface area contributed by atoms with Crippen molar-refractivity contribution < 1.29 is 54.5 Å². The van der Waals surface area contributed by atoms with Gasteiger partial charge in [-0.15, -0.1) is 11.6 Å². The third kappa shape index (κ3) is 17.9. The van der Waals surface area contributed by atoms with E-state index in [2.05, 4.69) is 30.8 Å². The van der Waals surface area contributed by atoms with Gasteiger partial charge in [-0.25, -0.2) is 9.59 Å². The van der Waals surface area contributed by atoms with E-state index in [9.17, 15) is 9.59 Å². The fourth-order valence-electron chi connectivity index (χ4n) is 11.0. The SMILES string of the molecule is C.C.CC#N.COc1cccc(-c2nc(CCl)no2)c1.COc1cccc(-c2nc(C[N+]34CCC(CC3)[C@@H](OC(=O)[C@H](Nc3ccccc3)c3ccccc3)C4)no2)c1.O=C(O[C@H]1CN2CCC1CC2)[C@H](Nc1ccccc1)c1ccccc1.[Cl-]. The molecular weight excluding hydrogens is 1120 g/mol. The van der Waals surface area contributed by atoms with Crippen LogP contribution in [0.4, 0.5) is 11.4 Å². The lowest BCUT2D eigenvalue weighted by Crippen LogP contribution is -3.00. The first kappa shape index (κ1) is 65.9. The Morgan fingerprint density at radius 1 is 0.635 bits per heavy atom. The maximum absolute atomic E-state index is 13.6. The number of esters is 2. The van der Waals surface area contributed by atoms with Crippen molar-refractivity contribution in [1.82, 2.24) is 25.2 Å². The normalized spacial score (nSPS) is 20.0. The van der Waals surface area contributed by atoms with Crippen molar-refractivity contribution in [2.75, 3.05) is 64.1 Å². The fourth-order valence-corrected chi connectivity index (χ4v) is 11.1. The van der Waals surface area contributed by atoms with Crippen LogP contribution in [0.3, 0.4) is 0 Å². The highest BCUT2D eigenvalue weighted by Crippen LogP contribution is 2.38. The van der Waals surface area contributed by atoms with E-state index in [1.807, 2.05) is 170 Å². The molecule has 4 bridgehead atoms. The molecule has 6 fully saturated rings. The molecule has 8 aromatic rings. The molecule has 6 saturated heterocycles. The van der Waals surface area contributed by atoms with Crippen molar-refractivity contribution >= 4 is 34.9 Å². The first-order valence-electron chi connectivity index (χ1n) is 27.7. The predicted octanol–water partition coefficient (Wildman–Crippen LogP) is 10.0. The van der Waals surface area contributed by atoms with Gasteiger partial charge in [0, 0.05) is 54.7 Å². The van der Waals surface area contributed by atoms with Crippen LogP contribution >= 0.6 is 11.6 Å². The molecule has 0 aliphatic carbocycles. The summed E-state index contributed by atoms with van der Waals surface area (Å²) in [5, 5.41) is 22.0. The zero-order chi connectivity index (χ0) is 57.1. The van der Waals surface area contributed by atoms with Crippen molar-refractivity contribution in [1.29, 1.82) is 5.26 Å². The molecule has 0 amide bonds. The number of aromatic nitrogens is 4. The molecular formula is C66H77Cl2N9O8. The number of hydrogen-bond donors (Lipinski definition) is 2. The molecule has 448 valence electrons. The number of fused-ring (bicyclic) bond motifs is 6. The van der Waals surface area contributed by atoms with Gasteiger partial charge in [-0.3, -0.25) is 4.90 Å². The van der Waals surface area contributed by atoms with Crippen molar-refractivity contribution in [3.8, 4) is 40.5 Å². The Balaban J connectivity index is 0.000000216. The number of nitrogens with zero attached hydrogens (tertiary/aromatic N) is 7. The number of quaternary nitrogens is 1. The van der Waals surface area contributed by atoms with E-state index >= 15 is 0 Å². The van der Waals surface area contributed by atoms with Crippen molar-refractivity contribution in [3.63, 3.8) is 0 Å². The smallest absolute Gasteiger partial charge is 0.333 e. The number of ether oxygens (including phenoxy) is 4. The first-order chi connectivity index (χ1) is 40.1.